The Hall–Kier alpha value is -2.49. The van der Waals surface area contributed by atoms with Crippen molar-refractivity contribution in [3.63, 3.8) is 0 Å². The van der Waals surface area contributed by atoms with Crippen LogP contribution in [0, 0.1) is 6.92 Å². The second kappa shape index (κ2) is 7.68. The largest absolute Gasteiger partial charge is 0.491 e. The zero-order valence-electron chi connectivity index (χ0n) is 14.0. The third-order valence-corrected chi connectivity index (χ3v) is 3.16. The summed E-state index contributed by atoms with van der Waals surface area (Å²) in [5, 5.41) is 2.85. The first-order chi connectivity index (χ1) is 10.9. The normalized spacial score (nSPS) is 11.9. The van der Waals surface area contributed by atoms with E-state index in [1.165, 1.54) is 0 Å². The maximum Gasteiger partial charge on any atom is 0.265 e. The number of carbonyl (C=O) groups excluding carboxylic acids is 1. The molecule has 23 heavy (non-hydrogen) atoms. The zero-order chi connectivity index (χ0) is 16.8. The van der Waals surface area contributed by atoms with Gasteiger partial charge >= 0.3 is 0 Å². The Morgan fingerprint density at radius 1 is 0.957 bits per heavy atom. The van der Waals surface area contributed by atoms with E-state index in [9.17, 15) is 4.79 Å². The summed E-state index contributed by atoms with van der Waals surface area (Å²) in [5.41, 5.74) is 1.86. The minimum Gasteiger partial charge on any atom is -0.491 e. The summed E-state index contributed by atoms with van der Waals surface area (Å²) in [5.74, 6) is 1.23. The summed E-state index contributed by atoms with van der Waals surface area (Å²) in [7, 11) is 0. The number of ether oxygens (including phenoxy) is 2. The summed E-state index contributed by atoms with van der Waals surface area (Å²) in [6, 6.07) is 14.9. The molecule has 4 nitrogen and oxygen atoms in total. The molecule has 2 rings (SSSR count). The molecular weight excluding hydrogens is 290 g/mol. The highest BCUT2D eigenvalue weighted by Crippen LogP contribution is 2.20. The molecular formula is C19H23NO3. The molecule has 0 radical (unpaired) electrons. The van der Waals surface area contributed by atoms with Crippen molar-refractivity contribution in [2.75, 3.05) is 5.32 Å². The Bertz CT molecular complexity index is 650. The van der Waals surface area contributed by atoms with E-state index in [1.807, 2.05) is 57.2 Å². The lowest BCUT2D eigenvalue weighted by atomic mass is 10.2. The number of nitrogens with one attached hydrogen (secondary N) is 1. The predicted octanol–water partition coefficient (Wildman–Crippen LogP) is 4.19. The number of hydrogen-bond donors (Lipinski definition) is 1. The Morgan fingerprint density at radius 2 is 1.57 bits per heavy atom. The van der Waals surface area contributed by atoms with Crippen molar-refractivity contribution in [2.45, 2.75) is 39.9 Å². The molecule has 1 N–H and O–H groups in total. The molecule has 0 aliphatic rings. The fourth-order valence-corrected chi connectivity index (χ4v) is 2.09. The maximum absolute atomic E-state index is 12.2. The van der Waals surface area contributed by atoms with Gasteiger partial charge in [0.1, 0.15) is 11.5 Å². The van der Waals surface area contributed by atoms with Crippen LogP contribution in [0.15, 0.2) is 48.5 Å². The molecule has 0 fully saturated rings. The van der Waals surface area contributed by atoms with Crippen LogP contribution in [0.5, 0.6) is 11.5 Å². The van der Waals surface area contributed by atoms with Crippen molar-refractivity contribution in [3.05, 3.63) is 54.1 Å². The van der Waals surface area contributed by atoms with E-state index in [1.54, 1.807) is 19.1 Å². The lowest BCUT2D eigenvalue weighted by molar-refractivity contribution is -0.122. The number of aryl methyl sites for hydroxylation is 1. The van der Waals surface area contributed by atoms with Crippen molar-refractivity contribution in [1.82, 2.24) is 0 Å². The van der Waals surface area contributed by atoms with Crippen LogP contribution in [0.4, 0.5) is 5.69 Å². The molecule has 1 atom stereocenters. The Morgan fingerprint density at radius 3 is 2.13 bits per heavy atom. The van der Waals surface area contributed by atoms with E-state index in [-0.39, 0.29) is 12.0 Å². The average Bonchev–Trinajstić information content (AvgIpc) is 2.48. The second-order valence-electron chi connectivity index (χ2n) is 5.76. The maximum atomic E-state index is 12.2. The van der Waals surface area contributed by atoms with Crippen molar-refractivity contribution >= 4 is 11.6 Å². The van der Waals surface area contributed by atoms with Crippen molar-refractivity contribution in [2.24, 2.45) is 0 Å². The van der Waals surface area contributed by atoms with Crippen molar-refractivity contribution in [3.8, 4) is 11.5 Å². The molecule has 0 saturated carbocycles. The minimum atomic E-state index is -0.590. The summed E-state index contributed by atoms with van der Waals surface area (Å²) >= 11 is 0. The van der Waals surface area contributed by atoms with E-state index in [0.717, 1.165) is 17.0 Å². The Labute approximate surface area is 137 Å². The van der Waals surface area contributed by atoms with Gasteiger partial charge in [-0.15, -0.1) is 0 Å². The highest BCUT2D eigenvalue weighted by molar-refractivity contribution is 5.94. The Balaban J connectivity index is 1.92. The SMILES string of the molecule is Cc1cccc(NC(=O)C(C)Oc2ccc(OC(C)C)cc2)c1. The highest BCUT2D eigenvalue weighted by Gasteiger charge is 2.15. The van der Waals surface area contributed by atoms with Gasteiger partial charge in [0, 0.05) is 5.69 Å². The van der Waals surface area contributed by atoms with Crippen molar-refractivity contribution < 1.29 is 14.3 Å². The fourth-order valence-electron chi connectivity index (χ4n) is 2.09. The lowest BCUT2D eigenvalue weighted by Gasteiger charge is -2.16. The number of rotatable bonds is 6. The fraction of sp³-hybridized carbons (Fsp3) is 0.316. The van der Waals surface area contributed by atoms with Gasteiger partial charge in [0.25, 0.3) is 5.91 Å². The quantitative estimate of drug-likeness (QED) is 0.870. The topological polar surface area (TPSA) is 47.6 Å². The third kappa shape index (κ3) is 5.33. The van der Waals surface area contributed by atoms with Gasteiger partial charge in [0.2, 0.25) is 0 Å². The molecule has 122 valence electrons. The van der Waals surface area contributed by atoms with Gasteiger partial charge in [-0.3, -0.25) is 4.79 Å². The van der Waals surface area contributed by atoms with E-state index < -0.39 is 6.10 Å². The van der Waals surface area contributed by atoms with Crippen LogP contribution < -0.4 is 14.8 Å². The molecule has 1 amide bonds. The van der Waals surface area contributed by atoms with Crippen LogP contribution in [-0.4, -0.2) is 18.1 Å². The van der Waals surface area contributed by atoms with Gasteiger partial charge in [0.15, 0.2) is 6.10 Å². The number of carbonyl (C=O) groups is 1. The molecule has 0 saturated heterocycles. The number of anilines is 1. The Kier molecular flexibility index (Phi) is 5.63. The van der Waals surface area contributed by atoms with Crippen LogP contribution in [0.1, 0.15) is 26.3 Å². The van der Waals surface area contributed by atoms with Gasteiger partial charge in [-0.1, -0.05) is 12.1 Å². The monoisotopic (exact) mass is 313 g/mol. The van der Waals surface area contributed by atoms with Crippen molar-refractivity contribution in [1.29, 1.82) is 0 Å². The van der Waals surface area contributed by atoms with Crippen LogP contribution in [-0.2, 0) is 4.79 Å². The molecule has 2 aromatic rings. The third-order valence-electron chi connectivity index (χ3n) is 3.16. The number of amides is 1. The zero-order valence-corrected chi connectivity index (χ0v) is 14.0. The molecule has 0 bridgehead atoms. The summed E-state index contributed by atoms with van der Waals surface area (Å²) in [6.45, 7) is 7.66. The molecule has 4 heteroatoms. The predicted molar refractivity (Wildman–Crippen MR) is 92.1 cm³/mol. The van der Waals surface area contributed by atoms with Crippen LogP contribution in [0.3, 0.4) is 0 Å². The van der Waals surface area contributed by atoms with Gasteiger partial charge in [-0.2, -0.15) is 0 Å². The van der Waals surface area contributed by atoms with E-state index >= 15 is 0 Å². The van der Waals surface area contributed by atoms with Crippen LogP contribution in [0.25, 0.3) is 0 Å². The van der Waals surface area contributed by atoms with Gasteiger partial charge in [-0.05, 0) is 69.7 Å². The highest BCUT2D eigenvalue weighted by atomic mass is 16.5. The van der Waals surface area contributed by atoms with E-state index in [4.69, 9.17) is 9.47 Å². The molecule has 2 aromatic carbocycles. The average molecular weight is 313 g/mol. The summed E-state index contributed by atoms with van der Waals surface area (Å²) in [6.07, 6.45) is -0.465. The standard InChI is InChI=1S/C19H23NO3/c1-13(2)22-17-8-10-18(11-9-17)23-15(4)19(21)20-16-7-5-6-14(3)12-16/h5-13,15H,1-4H3,(H,20,21). The van der Waals surface area contributed by atoms with E-state index in [0.29, 0.717) is 5.75 Å². The summed E-state index contributed by atoms with van der Waals surface area (Å²) in [4.78, 5) is 12.2. The first-order valence-electron chi connectivity index (χ1n) is 7.75. The second-order valence-corrected chi connectivity index (χ2v) is 5.76. The molecule has 0 aliphatic carbocycles. The first-order valence-corrected chi connectivity index (χ1v) is 7.75. The number of hydrogen-bond acceptors (Lipinski definition) is 3. The molecule has 0 aromatic heterocycles. The van der Waals surface area contributed by atoms with Gasteiger partial charge < -0.3 is 14.8 Å². The molecule has 0 spiro atoms. The minimum absolute atomic E-state index is 0.126. The van der Waals surface area contributed by atoms with Crippen LogP contribution in [0.2, 0.25) is 0 Å². The molecule has 0 aliphatic heterocycles. The number of benzene rings is 2. The molecule has 1 unspecified atom stereocenters. The smallest absolute Gasteiger partial charge is 0.265 e. The lowest BCUT2D eigenvalue weighted by Crippen LogP contribution is -2.30. The van der Waals surface area contributed by atoms with E-state index in [2.05, 4.69) is 5.32 Å². The first kappa shape index (κ1) is 16.9. The molecule has 0 heterocycles. The summed E-state index contributed by atoms with van der Waals surface area (Å²) < 4.78 is 11.2. The van der Waals surface area contributed by atoms with Crippen LogP contribution >= 0.6 is 0 Å². The van der Waals surface area contributed by atoms with Gasteiger partial charge in [0.05, 0.1) is 6.10 Å². The van der Waals surface area contributed by atoms with Gasteiger partial charge in [-0.25, -0.2) is 0 Å².